The van der Waals surface area contributed by atoms with Crippen molar-refractivity contribution < 1.29 is 13.2 Å². The van der Waals surface area contributed by atoms with Crippen molar-refractivity contribution in [3.63, 3.8) is 0 Å². The number of hydrogen-bond acceptors (Lipinski definition) is 5. The summed E-state index contributed by atoms with van der Waals surface area (Å²) in [6, 6.07) is 17.2. The van der Waals surface area contributed by atoms with Crippen LogP contribution < -0.4 is 4.74 Å². The van der Waals surface area contributed by atoms with E-state index in [1.807, 2.05) is 54.6 Å². The van der Waals surface area contributed by atoms with E-state index in [4.69, 9.17) is 4.74 Å². The molecule has 2 aromatic carbocycles. The van der Waals surface area contributed by atoms with Crippen LogP contribution in [-0.4, -0.2) is 40.6 Å². The van der Waals surface area contributed by atoms with Crippen molar-refractivity contribution in [3.8, 4) is 5.75 Å². The van der Waals surface area contributed by atoms with E-state index in [0.29, 0.717) is 13.1 Å². The zero-order valence-corrected chi connectivity index (χ0v) is 16.4. The van der Waals surface area contributed by atoms with Gasteiger partial charge in [-0.2, -0.15) is 4.31 Å². The summed E-state index contributed by atoms with van der Waals surface area (Å²) in [5.41, 5.74) is 1.94. The highest BCUT2D eigenvalue weighted by Crippen LogP contribution is 2.32. The fourth-order valence-electron chi connectivity index (χ4n) is 3.03. The van der Waals surface area contributed by atoms with Gasteiger partial charge in [0.2, 0.25) is 0 Å². The van der Waals surface area contributed by atoms with E-state index in [2.05, 4.69) is 10.1 Å². The fraction of sp³-hybridized carbons (Fsp3) is 0.300. The van der Waals surface area contributed by atoms with Crippen LogP contribution in [-0.2, 0) is 23.1 Å². The molecule has 1 aliphatic rings. The van der Waals surface area contributed by atoms with Gasteiger partial charge in [-0.3, -0.25) is 0 Å². The molecule has 4 rings (SSSR count). The summed E-state index contributed by atoms with van der Waals surface area (Å²) >= 11 is 0. The van der Waals surface area contributed by atoms with Gasteiger partial charge in [0, 0.05) is 12.6 Å². The van der Waals surface area contributed by atoms with Crippen molar-refractivity contribution in [2.24, 2.45) is 0 Å². The van der Waals surface area contributed by atoms with Crippen molar-refractivity contribution in [1.82, 2.24) is 19.1 Å². The first-order chi connectivity index (χ1) is 13.6. The lowest BCUT2D eigenvalue weighted by Crippen LogP contribution is -2.33. The second-order valence-corrected chi connectivity index (χ2v) is 8.62. The van der Waals surface area contributed by atoms with Crippen LogP contribution in [0.5, 0.6) is 5.75 Å². The maximum atomic E-state index is 13.1. The van der Waals surface area contributed by atoms with Gasteiger partial charge < -0.3 is 4.74 Å². The Hall–Kier alpha value is -2.71. The largest absolute Gasteiger partial charge is 0.497 e. The molecule has 1 heterocycles. The molecule has 0 atom stereocenters. The van der Waals surface area contributed by atoms with Gasteiger partial charge in [-0.25, -0.2) is 18.1 Å². The lowest BCUT2D eigenvalue weighted by Gasteiger charge is -2.20. The number of nitrogens with zero attached hydrogens (tertiary/aromatic N) is 4. The monoisotopic (exact) mass is 398 g/mol. The number of hydrogen-bond donors (Lipinski definition) is 0. The molecule has 0 bridgehead atoms. The third-order valence-electron chi connectivity index (χ3n) is 4.69. The van der Waals surface area contributed by atoms with Gasteiger partial charge in [0.25, 0.3) is 15.2 Å². The Kier molecular flexibility index (Phi) is 5.15. The van der Waals surface area contributed by atoms with Gasteiger partial charge in [0.1, 0.15) is 12.1 Å². The molecule has 1 saturated carbocycles. The molecule has 1 fully saturated rings. The van der Waals surface area contributed by atoms with Crippen LogP contribution in [0.4, 0.5) is 0 Å². The summed E-state index contributed by atoms with van der Waals surface area (Å²) < 4.78 is 34.5. The van der Waals surface area contributed by atoms with Crippen LogP contribution in [0.1, 0.15) is 24.0 Å². The molecule has 0 aliphatic heterocycles. The van der Waals surface area contributed by atoms with Crippen molar-refractivity contribution in [2.75, 3.05) is 7.11 Å². The number of benzene rings is 2. The van der Waals surface area contributed by atoms with Crippen molar-refractivity contribution >= 4 is 10.0 Å². The van der Waals surface area contributed by atoms with Gasteiger partial charge in [-0.1, -0.05) is 42.5 Å². The molecule has 1 aromatic heterocycles. The topological polar surface area (TPSA) is 77.3 Å². The minimum atomic E-state index is -3.75. The maximum absolute atomic E-state index is 13.1. The molecule has 28 heavy (non-hydrogen) atoms. The Morgan fingerprint density at radius 1 is 1.07 bits per heavy atom. The Bertz CT molecular complexity index is 1030. The van der Waals surface area contributed by atoms with Crippen LogP contribution in [0.25, 0.3) is 0 Å². The molecule has 8 heteroatoms. The van der Waals surface area contributed by atoms with Crippen LogP contribution in [0, 0.1) is 0 Å². The first-order valence-electron chi connectivity index (χ1n) is 9.14. The van der Waals surface area contributed by atoms with Crippen molar-refractivity contribution in [1.29, 1.82) is 0 Å². The van der Waals surface area contributed by atoms with E-state index in [-0.39, 0.29) is 11.2 Å². The van der Waals surface area contributed by atoms with Gasteiger partial charge in [0.15, 0.2) is 0 Å². The Morgan fingerprint density at radius 3 is 2.43 bits per heavy atom. The highest BCUT2D eigenvalue weighted by Gasteiger charge is 2.40. The second-order valence-electron chi connectivity index (χ2n) is 6.84. The van der Waals surface area contributed by atoms with Crippen LogP contribution >= 0.6 is 0 Å². The van der Waals surface area contributed by atoms with Gasteiger partial charge >= 0.3 is 0 Å². The van der Waals surface area contributed by atoms with Gasteiger partial charge in [-0.05, 0) is 36.1 Å². The second kappa shape index (κ2) is 7.73. The zero-order valence-electron chi connectivity index (χ0n) is 15.6. The van der Waals surface area contributed by atoms with E-state index >= 15 is 0 Å². The summed E-state index contributed by atoms with van der Waals surface area (Å²) in [6.45, 7) is 0.773. The third-order valence-corrected chi connectivity index (χ3v) is 6.39. The van der Waals surface area contributed by atoms with Crippen molar-refractivity contribution in [2.45, 2.75) is 37.1 Å². The first-order valence-corrected chi connectivity index (χ1v) is 10.6. The number of sulfonamides is 1. The molecule has 0 N–H and O–H groups in total. The molecule has 0 spiro atoms. The molecular formula is C20H22N4O3S. The van der Waals surface area contributed by atoms with Gasteiger partial charge in [-0.15, -0.1) is 5.10 Å². The molecule has 1 aliphatic carbocycles. The molecule has 0 unspecified atom stereocenters. The van der Waals surface area contributed by atoms with E-state index < -0.39 is 10.0 Å². The summed E-state index contributed by atoms with van der Waals surface area (Å²) in [6.07, 6.45) is 3.21. The zero-order chi connectivity index (χ0) is 19.6. The van der Waals surface area contributed by atoms with Crippen LogP contribution in [0.3, 0.4) is 0 Å². The van der Waals surface area contributed by atoms with E-state index in [9.17, 15) is 8.42 Å². The summed E-state index contributed by atoms with van der Waals surface area (Å²) in [5.74, 6) is 0.770. The van der Waals surface area contributed by atoms with Crippen molar-refractivity contribution in [3.05, 3.63) is 72.1 Å². The molecule has 0 amide bonds. The molecule has 3 aromatic rings. The van der Waals surface area contributed by atoms with E-state index in [1.165, 1.54) is 10.6 Å². The lowest BCUT2D eigenvalue weighted by molar-refractivity contribution is 0.394. The molecular weight excluding hydrogens is 376 g/mol. The highest BCUT2D eigenvalue weighted by atomic mass is 32.2. The fourth-order valence-corrected chi connectivity index (χ4v) is 4.55. The molecule has 0 saturated heterocycles. The minimum Gasteiger partial charge on any atom is -0.497 e. The summed E-state index contributed by atoms with van der Waals surface area (Å²) in [4.78, 5) is 4.09. The predicted molar refractivity (Wildman–Crippen MR) is 104 cm³/mol. The standard InChI is InChI=1S/C20H22N4O3S/c1-27-19-11-7-17(8-12-19)13-23-15-21-20(22-23)28(25,26)24(18-9-10-18)14-16-5-3-2-4-6-16/h2-8,11-12,15,18H,9-10,13-14H2,1H3. The first kappa shape index (κ1) is 18.6. The number of ether oxygens (including phenoxy) is 1. The number of aromatic nitrogens is 3. The quantitative estimate of drug-likeness (QED) is 0.583. The van der Waals surface area contributed by atoms with Gasteiger partial charge in [0.05, 0.1) is 13.7 Å². The average molecular weight is 398 g/mol. The summed E-state index contributed by atoms with van der Waals surface area (Å²) in [5, 5.41) is 4.09. The SMILES string of the molecule is COc1ccc(Cn2cnc(S(=O)(=O)N(Cc3ccccc3)C3CC3)n2)cc1. The lowest BCUT2D eigenvalue weighted by atomic mass is 10.2. The normalized spacial score (nSPS) is 14.4. The van der Waals surface area contributed by atoms with Crippen LogP contribution in [0.2, 0.25) is 0 Å². The van der Waals surface area contributed by atoms with E-state index in [1.54, 1.807) is 11.8 Å². The Balaban J connectivity index is 1.53. The maximum Gasteiger partial charge on any atom is 0.282 e. The Labute approximate surface area is 164 Å². The smallest absolute Gasteiger partial charge is 0.282 e. The minimum absolute atomic E-state index is 0.0266. The number of methoxy groups -OCH3 is 1. The number of rotatable bonds is 8. The average Bonchev–Trinajstić information content (AvgIpc) is 3.44. The van der Waals surface area contributed by atoms with E-state index in [0.717, 1.165) is 29.7 Å². The Morgan fingerprint density at radius 2 is 1.79 bits per heavy atom. The molecule has 0 radical (unpaired) electrons. The molecule has 146 valence electrons. The highest BCUT2D eigenvalue weighted by molar-refractivity contribution is 7.89. The summed E-state index contributed by atoms with van der Waals surface area (Å²) in [7, 11) is -2.13. The predicted octanol–water partition coefficient (Wildman–Crippen LogP) is 2.69. The van der Waals surface area contributed by atoms with Crippen LogP contribution in [0.15, 0.2) is 66.1 Å². The third kappa shape index (κ3) is 4.07. The molecule has 7 nitrogen and oxygen atoms in total.